The zero-order chi connectivity index (χ0) is 40.9. The molecule has 2 aliphatic heterocycles. The van der Waals surface area contributed by atoms with Gasteiger partial charge in [-0.05, 0) is 56.5 Å². The van der Waals surface area contributed by atoms with Gasteiger partial charge in [0.25, 0.3) is 0 Å². The number of ether oxygens (including phenoxy) is 2. The van der Waals surface area contributed by atoms with Gasteiger partial charge in [-0.1, -0.05) is 87.5 Å². The second-order valence-electron chi connectivity index (χ2n) is 16.5. The molecule has 2 aliphatic rings. The van der Waals surface area contributed by atoms with Crippen molar-refractivity contribution >= 4 is 52.3 Å². The topological polar surface area (TPSA) is 167 Å². The Balaban J connectivity index is 1.36. The first-order valence-electron chi connectivity index (χ1n) is 18.9. The monoisotopic (exact) mass is 770 g/mol. The highest BCUT2D eigenvalue weighted by molar-refractivity contribution is 6.04. The molecule has 0 aliphatic carbocycles. The Morgan fingerprint density at radius 1 is 0.875 bits per heavy atom. The highest BCUT2D eigenvalue weighted by Crippen LogP contribution is 2.38. The van der Waals surface area contributed by atoms with Crippen molar-refractivity contribution in [1.82, 2.24) is 25.3 Å². The molecule has 2 saturated heterocycles. The van der Waals surface area contributed by atoms with Crippen LogP contribution in [0.5, 0.6) is 0 Å². The summed E-state index contributed by atoms with van der Waals surface area (Å²) in [6.45, 7) is 12.1. The van der Waals surface area contributed by atoms with Crippen molar-refractivity contribution < 1.29 is 38.2 Å². The summed E-state index contributed by atoms with van der Waals surface area (Å²) in [4.78, 5) is 86.0. The Kier molecular flexibility index (Phi) is 12.6. The Labute approximate surface area is 328 Å². The summed E-state index contributed by atoms with van der Waals surface area (Å²) in [7, 11) is 1.46. The zero-order valence-corrected chi connectivity index (χ0v) is 33.5. The van der Waals surface area contributed by atoms with E-state index in [1.54, 1.807) is 43.6 Å². The van der Waals surface area contributed by atoms with Gasteiger partial charge in [-0.25, -0.2) is 9.59 Å². The molecule has 3 aromatic carbocycles. The van der Waals surface area contributed by atoms with Gasteiger partial charge in [0, 0.05) is 31.2 Å². The summed E-state index contributed by atoms with van der Waals surface area (Å²) in [6.07, 6.45) is -1.07. The summed E-state index contributed by atoms with van der Waals surface area (Å²) >= 11 is 0. The number of fused-ring (bicyclic) bond motifs is 2. The number of alkyl carbamates (subject to hydrolysis) is 1. The quantitative estimate of drug-likeness (QED) is 0.261. The second-order valence-corrected chi connectivity index (χ2v) is 16.5. The van der Waals surface area contributed by atoms with E-state index in [0.717, 1.165) is 16.3 Å². The van der Waals surface area contributed by atoms with Crippen molar-refractivity contribution in [1.29, 1.82) is 0 Å². The Morgan fingerprint density at radius 2 is 1.54 bits per heavy atom. The van der Waals surface area contributed by atoms with Crippen LogP contribution in [0.1, 0.15) is 60.5 Å². The molecule has 0 spiro atoms. The maximum atomic E-state index is 14.7. The van der Waals surface area contributed by atoms with Gasteiger partial charge in [0.15, 0.2) is 0 Å². The van der Waals surface area contributed by atoms with Gasteiger partial charge in [-0.2, -0.15) is 0 Å². The lowest BCUT2D eigenvalue weighted by Crippen LogP contribution is -2.60. The largest absolute Gasteiger partial charge is 0.445 e. The lowest BCUT2D eigenvalue weighted by molar-refractivity contribution is -0.142. The molecule has 5 rings (SSSR count). The molecule has 3 aromatic rings. The first kappa shape index (κ1) is 41.5. The van der Waals surface area contributed by atoms with Crippen LogP contribution in [0, 0.1) is 11.3 Å². The van der Waals surface area contributed by atoms with Crippen LogP contribution in [0.3, 0.4) is 0 Å². The van der Waals surface area contributed by atoms with Crippen molar-refractivity contribution in [3.63, 3.8) is 0 Å². The molecule has 14 nitrogen and oxygen atoms in total. The van der Waals surface area contributed by atoms with Crippen LogP contribution in [0.2, 0.25) is 0 Å². The molecule has 2 fully saturated rings. The molecule has 1 unspecified atom stereocenters. The van der Waals surface area contributed by atoms with Gasteiger partial charge in [-0.3, -0.25) is 24.1 Å². The van der Waals surface area contributed by atoms with Crippen LogP contribution < -0.4 is 16.0 Å². The number of carbonyl (C=O) groups is 6. The van der Waals surface area contributed by atoms with E-state index in [4.69, 9.17) is 9.47 Å². The number of likely N-dealkylation sites (tertiary alicyclic amines) is 2. The third-order valence-electron chi connectivity index (χ3n) is 10.3. The number of likely N-dealkylation sites (N-methyl/N-ethyl adjacent to an activating group) is 1. The average Bonchev–Trinajstić information content (AvgIpc) is 3.75. The molecule has 56 heavy (non-hydrogen) atoms. The fraction of sp³-hybridized carbons (Fsp3) is 0.476. The molecule has 3 N–H and O–H groups in total. The van der Waals surface area contributed by atoms with E-state index < -0.39 is 71.0 Å². The highest BCUT2D eigenvalue weighted by Gasteiger charge is 2.55. The molecule has 0 saturated carbocycles. The molecule has 2 heterocycles. The molecule has 5 atom stereocenters. The van der Waals surface area contributed by atoms with Crippen molar-refractivity contribution in [3.05, 3.63) is 78.4 Å². The van der Waals surface area contributed by atoms with E-state index in [9.17, 15) is 28.8 Å². The predicted molar refractivity (Wildman–Crippen MR) is 211 cm³/mol. The summed E-state index contributed by atoms with van der Waals surface area (Å²) in [5.41, 5.74) is -0.169. The maximum Gasteiger partial charge on any atom is 0.410 e. The molecular formula is C42H54N6O8. The molecule has 0 radical (unpaired) electrons. The average molecular weight is 771 g/mol. The molecule has 300 valence electrons. The number of hydrogen-bond acceptors (Lipinski definition) is 8. The third kappa shape index (κ3) is 9.76. The minimum Gasteiger partial charge on any atom is -0.445 e. The van der Waals surface area contributed by atoms with Gasteiger partial charge in [0.2, 0.25) is 23.6 Å². The van der Waals surface area contributed by atoms with Gasteiger partial charge in [-0.15, -0.1) is 0 Å². The van der Waals surface area contributed by atoms with Crippen LogP contribution >= 0.6 is 0 Å². The van der Waals surface area contributed by atoms with Crippen LogP contribution in [0.4, 0.5) is 15.3 Å². The number of carbonyl (C=O) groups excluding carboxylic acids is 6. The van der Waals surface area contributed by atoms with Crippen LogP contribution in [0.15, 0.2) is 72.8 Å². The van der Waals surface area contributed by atoms with Crippen molar-refractivity contribution in [2.75, 3.05) is 32.0 Å². The number of amides is 6. The molecular weight excluding hydrogens is 716 g/mol. The Bertz CT molecular complexity index is 1940. The van der Waals surface area contributed by atoms with Crippen molar-refractivity contribution in [3.8, 4) is 0 Å². The van der Waals surface area contributed by atoms with Gasteiger partial charge >= 0.3 is 12.2 Å². The number of benzene rings is 3. The minimum atomic E-state index is -1.05. The second kappa shape index (κ2) is 17.0. The standard InChI is InChI=1S/C42H54N6O8/c1-26(46(8)40(54)56-42(5,6)7)36(50)45-35(41(2,3)4)38(52)47-22-21-32-34(47)30(37(51)44-31-20-14-18-28-17-12-13-19-29(28)31)24-48(32)33(49)23-43-39(53)55-25-27-15-10-9-11-16-27/h9-20,26,30,32,34-35H,21-25H2,1-8H3,(H,43,53)(H,44,51)(H,45,50)/t26-,30-,32+,34+,35?/m0/s1. The summed E-state index contributed by atoms with van der Waals surface area (Å²) < 4.78 is 10.7. The number of rotatable bonds is 10. The van der Waals surface area contributed by atoms with E-state index in [0.29, 0.717) is 12.1 Å². The molecule has 0 aromatic heterocycles. The summed E-state index contributed by atoms with van der Waals surface area (Å²) in [5, 5.41) is 10.2. The predicted octanol–water partition coefficient (Wildman–Crippen LogP) is 4.92. The number of anilines is 1. The lowest BCUT2D eigenvalue weighted by Gasteiger charge is -2.37. The summed E-state index contributed by atoms with van der Waals surface area (Å²) in [6, 6.07) is 19.1. The SMILES string of the molecule is C[C@@H](C(=O)NC(C(=O)N1CC[C@@H]2[C@H]1[C@@H](C(=O)Nc1cccc3ccccc13)CN2C(=O)CNC(=O)OCc1ccccc1)C(C)(C)C)N(C)C(=O)OC(C)(C)C. The van der Waals surface area contributed by atoms with Crippen LogP contribution in [0.25, 0.3) is 10.8 Å². The van der Waals surface area contributed by atoms with Crippen LogP contribution in [-0.2, 0) is 35.3 Å². The first-order valence-corrected chi connectivity index (χ1v) is 18.9. The van der Waals surface area contributed by atoms with Crippen LogP contribution in [-0.4, -0.2) is 107 Å². The van der Waals surface area contributed by atoms with E-state index in [2.05, 4.69) is 16.0 Å². The van der Waals surface area contributed by atoms with E-state index >= 15 is 0 Å². The maximum absolute atomic E-state index is 14.7. The van der Waals surface area contributed by atoms with Crippen molar-refractivity contribution in [2.24, 2.45) is 11.3 Å². The molecule has 0 bridgehead atoms. The fourth-order valence-corrected chi connectivity index (χ4v) is 7.19. The molecule has 14 heteroatoms. The lowest BCUT2D eigenvalue weighted by atomic mass is 9.85. The van der Waals surface area contributed by atoms with E-state index in [1.807, 2.05) is 87.5 Å². The number of nitrogens with one attached hydrogen (secondary N) is 3. The van der Waals surface area contributed by atoms with Gasteiger partial charge < -0.3 is 35.2 Å². The Morgan fingerprint density at radius 3 is 2.21 bits per heavy atom. The fourth-order valence-electron chi connectivity index (χ4n) is 7.19. The number of hydrogen-bond donors (Lipinski definition) is 3. The van der Waals surface area contributed by atoms with E-state index in [-0.39, 0.29) is 32.1 Å². The smallest absolute Gasteiger partial charge is 0.410 e. The van der Waals surface area contributed by atoms with Crippen molar-refractivity contribution in [2.45, 2.75) is 91.3 Å². The third-order valence-corrected chi connectivity index (χ3v) is 10.3. The highest BCUT2D eigenvalue weighted by atomic mass is 16.6. The minimum absolute atomic E-state index is 0.000447. The van der Waals surface area contributed by atoms with Gasteiger partial charge in [0.1, 0.15) is 30.8 Å². The Hall–Kier alpha value is -5.66. The normalized spacial score (nSPS) is 19.0. The summed E-state index contributed by atoms with van der Waals surface area (Å²) in [5.74, 6) is -2.60. The zero-order valence-electron chi connectivity index (χ0n) is 33.5. The van der Waals surface area contributed by atoms with E-state index in [1.165, 1.54) is 11.9 Å². The number of nitrogens with zero attached hydrogens (tertiary/aromatic N) is 3. The first-order chi connectivity index (χ1) is 26.4. The van der Waals surface area contributed by atoms with Gasteiger partial charge in [0.05, 0.1) is 18.0 Å². The molecule has 6 amide bonds.